The van der Waals surface area contributed by atoms with Gasteiger partial charge in [0.1, 0.15) is 12.4 Å². The Hall–Kier alpha value is -2.02. The number of hydrogen-bond acceptors (Lipinski definition) is 3. The predicted molar refractivity (Wildman–Crippen MR) is 80.8 cm³/mol. The zero-order valence-electron chi connectivity index (χ0n) is 12.9. The number of nitriles is 1. The van der Waals surface area contributed by atoms with Crippen LogP contribution in [0.3, 0.4) is 0 Å². The maximum absolute atomic E-state index is 12.0. The molecule has 1 aromatic rings. The first kappa shape index (κ1) is 15.4. The summed E-state index contributed by atoms with van der Waals surface area (Å²) >= 11 is 0. The van der Waals surface area contributed by atoms with Crippen LogP contribution in [0.25, 0.3) is 0 Å². The Morgan fingerprint density at radius 2 is 2.19 bits per heavy atom. The molecular weight excluding hydrogens is 264 g/mol. The van der Waals surface area contributed by atoms with Crippen molar-refractivity contribution in [2.75, 3.05) is 19.7 Å². The van der Waals surface area contributed by atoms with Gasteiger partial charge >= 0.3 is 0 Å². The lowest BCUT2D eigenvalue weighted by Gasteiger charge is -2.26. The van der Waals surface area contributed by atoms with Crippen LogP contribution in [0.1, 0.15) is 32.8 Å². The molecule has 4 heteroatoms. The average Bonchev–Trinajstić information content (AvgIpc) is 2.81. The van der Waals surface area contributed by atoms with Crippen LogP contribution in [0.2, 0.25) is 0 Å². The molecule has 0 radical (unpaired) electrons. The van der Waals surface area contributed by atoms with Crippen LogP contribution >= 0.6 is 0 Å². The van der Waals surface area contributed by atoms with Gasteiger partial charge in [-0.05, 0) is 29.5 Å². The largest absolute Gasteiger partial charge is 0.492 e. The van der Waals surface area contributed by atoms with Crippen LogP contribution in [-0.2, 0) is 4.79 Å². The van der Waals surface area contributed by atoms with Crippen molar-refractivity contribution in [3.8, 4) is 11.8 Å². The van der Waals surface area contributed by atoms with E-state index in [1.165, 1.54) is 0 Å². The second kappa shape index (κ2) is 6.17. The summed E-state index contributed by atoms with van der Waals surface area (Å²) in [6.07, 6.45) is 0.632. The van der Waals surface area contributed by atoms with E-state index in [1.807, 2.05) is 11.0 Å². The molecule has 1 heterocycles. The highest BCUT2D eigenvalue weighted by Gasteiger charge is 2.36. The van der Waals surface area contributed by atoms with Gasteiger partial charge in [-0.1, -0.05) is 26.8 Å². The SMILES string of the molecule is CC(C)(C)C1CC(=O)N(CCOc2cccc(C#N)c2)C1. The van der Waals surface area contributed by atoms with Crippen molar-refractivity contribution in [2.45, 2.75) is 27.2 Å². The Labute approximate surface area is 126 Å². The fourth-order valence-electron chi connectivity index (χ4n) is 2.50. The molecule has 2 rings (SSSR count). The van der Waals surface area contributed by atoms with Crippen LogP contribution in [0, 0.1) is 22.7 Å². The Kier molecular flexibility index (Phi) is 4.52. The normalized spacial score (nSPS) is 18.7. The molecule has 1 aliphatic heterocycles. The third kappa shape index (κ3) is 3.98. The summed E-state index contributed by atoms with van der Waals surface area (Å²) in [5.74, 6) is 1.30. The van der Waals surface area contributed by atoms with Crippen molar-refractivity contribution in [3.05, 3.63) is 29.8 Å². The van der Waals surface area contributed by atoms with Gasteiger partial charge in [-0.2, -0.15) is 5.26 Å². The molecule has 0 saturated carbocycles. The van der Waals surface area contributed by atoms with E-state index in [0.717, 1.165) is 6.54 Å². The first-order chi connectivity index (χ1) is 9.90. The summed E-state index contributed by atoms with van der Waals surface area (Å²) in [5, 5.41) is 8.84. The fourth-order valence-corrected chi connectivity index (χ4v) is 2.50. The van der Waals surface area contributed by atoms with Crippen molar-refractivity contribution < 1.29 is 9.53 Å². The maximum Gasteiger partial charge on any atom is 0.223 e. The first-order valence-corrected chi connectivity index (χ1v) is 7.31. The van der Waals surface area contributed by atoms with Gasteiger partial charge in [-0.3, -0.25) is 4.79 Å². The molecule has 0 aliphatic carbocycles. The molecule has 1 amide bonds. The predicted octanol–water partition coefficient (Wildman–Crippen LogP) is 2.83. The van der Waals surface area contributed by atoms with E-state index in [4.69, 9.17) is 10.00 Å². The summed E-state index contributed by atoms with van der Waals surface area (Å²) < 4.78 is 5.63. The van der Waals surface area contributed by atoms with Crippen LogP contribution < -0.4 is 4.74 Å². The summed E-state index contributed by atoms with van der Waals surface area (Å²) in [6.45, 7) is 8.40. The molecule has 1 fully saturated rings. The molecule has 112 valence electrons. The summed E-state index contributed by atoms with van der Waals surface area (Å²) in [6, 6.07) is 9.16. The van der Waals surface area contributed by atoms with E-state index in [0.29, 0.717) is 36.8 Å². The minimum Gasteiger partial charge on any atom is -0.492 e. The number of hydrogen-bond donors (Lipinski definition) is 0. The van der Waals surface area contributed by atoms with Gasteiger partial charge in [0.15, 0.2) is 0 Å². The number of benzene rings is 1. The Balaban J connectivity index is 1.84. The molecule has 1 atom stereocenters. The lowest BCUT2D eigenvalue weighted by Crippen LogP contribution is -2.31. The van der Waals surface area contributed by atoms with E-state index in [1.54, 1.807) is 18.2 Å². The lowest BCUT2D eigenvalue weighted by atomic mass is 9.80. The molecule has 1 unspecified atom stereocenters. The first-order valence-electron chi connectivity index (χ1n) is 7.31. The third-order valence-corrected chi connectivity index (χ3v) is 4.03. The van der Waals surface area contributed by atoms with E-state index in [9.17, 15) is 4.79 Å². The second-order valence-corrected chi connectivity index (χ2v) is 6.59. The van der Waals surface area contributed by atoms with Gasteiger partial charge in [0.25, 0.3) is 0 Å². The van der Waals surface area contributed by atoms with Crippen LogP contribution in [-0.4, -0.2) is 30.5 Å². The number of rotatable bonds is 4. The average molecular weight is 286 g/mol. The molecule has 1 aliphatic rings. The Bertz CT molecular complexity index is 555. The number of carbonyl (C=O) groups is 1. The van der Waals surface area contributed by atoms with Gasteiger partial charge in [-0.25, -0.2) is 0 Å². The quantitative estimate of drug-likeness (QED) is 0.855. The van der Waals surface area contributed by atoms with Crippen molar-refractivity contribution in [3.63, 3.8) is 0 Å². The summed E-state index contributed by atoms with van der Waals surface area (Å²) in [5.41, 5.74) is 0.740. The highest BCUT2D eigenvalue weighted by Crippen LogP contribution is 2.34. The monoisotopic (exact) mass is 286 g/mol. The number of ether oxygens (including phenoxy) is 1. The fraction of sp³-hybridized carbons (Fsp3) is 0.529. The molecule has 4 nitrogen and oxygen atoms in total. The van der Waals surface area contributed by atoms with Crippen LogP contribution in [0.15, 0.2) is 24.3 Å². The van der Waals surface area contributed by atoms with Gasteiger partial charge < -0.3 is 9.64 Å². The standard InChI is InChI=1S/C17H22N2O2/c1-17(2,3)14-10-16(20)19(12-14)7-8-21-15-6-4-5-13(9-15)11-18/h4-6,9,14H,7-8,10,12H2,1-3H3. The molecule has 0 N–H and O–H groups in total. The van der Waals surface area contributed by atoms with E-state index < -0.39 is 0 Å². The van der Waals surface area contributed by atoms with E-state index in [-0.39, 0.29) is 11.3 Å². The molecular formula is C17H22N2O2. The van der Waals surface area contributed by atoms with Crippen LogP contribution in [0.4, 0.5) is 0 Å². The highest BCUT2D eigenvalue weighted by molar-refractivity contribution is 5.78. The van der Waals surface area contributed by atoms with Gasteiger partial charge in [-0.15, -0.1) is 0 Å². The zero-order chi connectivity index (χ0) is 15.5. The maximum atomic E-state index is 12.0. The molecule has 21 heavy (non-hydrogen) atoms. The Morgan fingerprint density at radius 3 is 2.81 bits per heavy atom. The molecule has 0 spiro atoms. The van der Waals surface area contributed by atoms with Crippen LogP contribution in [0.5, 0.6) is 5.75 Å². The third-order valence-electron chi connectivity index (χ3n) is 4.03. The number of likely N-dealkylation sites (tertiary alicyclic amines) is 1. The lowest BCUT2D eigenvalue weighted by molar-refractivity contribution is -0.128. The minimum absolute atomic E-state index is 0.159. The molecule has 0 bridgehead atoms. The molecule has 0 aromatic heterocycles. The van der Waals surface area contributed by atoms with Crippen molar-refractivity contribution >= 4 is 5.91 Å². The number of nitrogens with zero attached hydrogens (tertiary/aromatic N) is 2. The van der Waals surface area contributed by atoms with Gasteiger partial charge in [0, 0.05) is 13.0 Å². The number of amides is 1. The van der Waals surface area contributed by atoms with Gasteiger partial charge in [0.2, 0.25) is 5.91 Å². The Morgan fingerprint density at radius 1 is 1.43 bits per heavy atom. The summed E-state index contributed by atoms with van der Waals surface area (Å²) in [4.78, 5) is 13.9. The van der Waals surface area contributed by atoms with Crippen molar-refractivity contribution in [1.82, 2.24) is 4.90 Å². The van der Waals surface area contributed by atoms with Crippen molar-refractivity contribution in [1.29, 1.82) is 5.26 Å². The highest BCUT2D eigenvalue weighted by atomic mass is 16.5. The van der Waals surface area contributed by atoms with E-state index >= 15 is 0 Å². The zero-order valence-corrected chi connectivity index (χ0v) is 12.9. The topological polar surface area (TPSA) is 53.3 Å². The molecule has 1 aromatic carbocycles. The molecule has 1 saturated heterocycles. The van der Waals surface area contributed by atoms with Gasteiger partial charge in [0.05, 0.1) is 18.2 Å². The minimum atomic E-state index is 0.159. The second-order valence-electron chi connectivity index (χ2n) is 6.59. The van der Waals surface area contributed by atoms with Crippen molar-refractivity contribution in [2.24, 2.45) is 11.3 Å². The summed E-state index contributed by atoms with van der Waals surface area (Å²) in [7, 11) is 0. The van der Waals surface area contributed by atoms with E-state index in [2.05, 4.69) is 26.8 Å². The number of carbonyl (C=O) groups excluding carboxylic acids is 1. The smallest absolute Gasteiger partial charge is 0.223 e.